The van der Waals surface area contributed by atoms with Gasteiger partial charge in [0.05, 0.1) is 0 Å². The number of ether oxygens (including phenoxy) is 1. The Balaban J connectivity index is 1.89. The maximum absolute atomic E-state index is 6.15. The molecule has 4 rings (SSSR count). The molecule has 0 bridgehead atoms. The summed E-state index contributed by atoms with van der Waals surface area (Å²) in [6.45, 7) is 0. The Morgan fingerprint density at radius 3 is 2.75 bits per heavy atom. The summed E-state index contributed by atoms with van der Waals surface area (Å²) in [5.41, 5.74) is 3.49. The monoisotopic (exact) mass is 400 g/mol. The number of hydrogen-bond acceptors (Lipinski definition) is 6. The van der Waals surface area contributed by atoms with Gasteiger partial charge in [-0.05, 0) is 24.5 Å². The summed E-state index contributed by atoms with van der Waals surface area (Å²) >= 11 is 4.95. The summed E-state index contributed by atoms with van der Waals surface area (Å²) in [7, 11) is 0. The molecule has 5 nitrogen and oxygen atoms in total. The van der Waals surface area contributed by atoms with E-state index in [9.17, 15) is 0 Å². The molecule has 0 fully saturated rings. The summed E-state index contributed by atoms with van der Waals surface area (Å²) in [4.78, 5) is 4.51. The first-order valence-electron chi connectivity index (χ1n) is 7.31. The highest BCUT2D eigenvalue weighted by Crippen LogP contribution is 2.40. The van der Waals surface area contributed by atoms with E-state index in [0.29, 0.717) is 16.7 Å². The van der Waals surface area contributed by atoms with Crippen LogP contribution in [0.25, 0.3) is 11.3 Å². The third-order valence-electron chi connectivity index (χ3n) is 3.67. The number of rotatable bonds is 2. The number of aromatic nitrogens is 3. The van der Waals surface area contributed by atoms with Gasteiger partial charge in [0.15, 0.2) is 11.9 Å². The predicted molar refractivity (Wildman–Crippen MR) is 98.2 cm³/mol. The first-order chi connectivity index (χ1) is 11.7. The maximum Gasteiger partial charge on any atom is 0.247 e. The zero-order valence-electron chi connectivity index (χ0n) is 12.7. The van der Waals surface area contributed by atoms with Crippen molar-refractivity contribution in [2.24, 2.45) is 0 Å². The molecular weight excluding hydrogens is 388 g/mol. The van der Waals surface area contributed by atoms with Crippen molar-refractivity contribution in [3.05, 3.63) is 58.6 Å². The van der Waals surface area contributed by atoms with Crippen molar-refractivity contribution in [2.75, 3.05) is 11.6 Å². The SMILES string of the molecule is CSc1nnc2c(n1)O[C@H](c1ccccc1)Nc1ccc(Br)cc1-2. The number of hydrogen-bond donors (Lipinski definition) is 1. The van der Waals surface area contributed by atoms with Crippen molar-refractivity contribution in [3.63, 3.8) is 0 Å². The Bertz CT molecular complexity index is 891. The van der Waals surface area contributed by atoms with Crippen LogP contribution in [0.1, 0.15) is 11.8 Å². The van der Waals surface area contributed by atoms with Gasteiger partial charge in [0.1, 0.15) is 0 Å². The first-order valence-corrected chi connectivity index (χ1v) is 9.33. The molecule has 2 aromatic carbocycles. The van der Waals surface area contributed by atoms with E-state index in [1.807, 2.05) is 54.8 Å². The van der Waals surface area contributed by atoms with E-state index in [0.717, 1.165) is 21.3 Å². The molecule has 0 radical (unpaired) electrons. The third-order valence-corrected chi connectivity index (χ3v) is 4.70. The van der Waals surface area contributed by atoms with Gasteiger partial charge in [0.2, 0.25) is 11.0 Å². The van der Waals surface area contributed by atoms with Gasteiger partial charge in [-0.25, -0.2) is 0 Å². The van der Waals surface area contributed by atoms with Crippen LogP contribution in [0.2, 0.25) is 0 Å². The van der Waals surface area contributed by atoms with Crippen LogP contribution < -0.4 is 10.1 Å². The molecule has 1 atom stereocenters. The molecule has 2 heterocycles. The summed E-state index contributed by atoms with van der Waals surface area (Å²) in [6, 6.07) is 16.0. The molecule has 0 spiro atoms. The van der Waals surface area contributed by atoms with E-state index in [-0.39, 0.29) is 6.23 Å². The van der Waals surface area contributed by atoms with Crippen molar-refractivity contribution in [2.45, 2.75) is 11.4 Å². The van der Waals surface area contributed by atoms with Crippen LogP contribution in [0, 0.1) is 0 Å². The molecule has 1 N–H and O–H groups in total. The second-order valence-electron chi connectivity index (χ2n) is 5.20. The van der Waals surface area contributed by atoms with Gasteiger partial charge in [-0.1, -0.05) is 58.0 Å². The lowest BCUT2D eigenvalue weighted by molar-refractivity contribution is 0.225. The lowest BCUT2D eigenvalue weighted by Gasteiger charge is -2.19. The van der Waals surface area contributed by atoms with Gasteiger partial charge in [-0.2, -0.15) is 4.98 Å². The number of halogens is 1. The van der Waals surface area contributed by atoms with E-state index in [4.69, 9.17) is 4.74 Å². The Kier molecular flexibility index (Phi) is 4.12. The van der Waals surface area contributed by atoms with Gasteiger partial charge >= 0.3 is 0 Å². The van der Waals surface area contributed by atoms with Gasteiger partial charge in [-0.15, -0.1) is 10.2 Å². The Morgan fingerprint density at radius 2 is 1.96 bits per heavy atom. The Morgan fingerprint density at radius 1 is 1.12 bits per heavy atom. The fourth-order valence-electron chi connectivity index (χ4n) is 2.54. The van der Waals surface area contributed by atoms with Gasteiger partial charge < -0.3 is 10.1 Å². The number of thioether (sulfide) groups is 1. The number of anilines is 1. The predicted octanol–water partition coefficient (Wildman–Crippen LogP) is 4.53. The van der Waals surface area contributed by atoms with Gasteiger partial charge in [0, 0.05) is 21.3 Å². The average Bonchev–Trinajstić information content (AvgIpc) is 2.78. The number of benzene rings is 2. The smallest absolute Gasteiger partial charge is 0.247 e. The van der Waals surface area contributed by atoms with Crippen molar-refractivity contribution >= 4 is 33.4 Å². The first kappa shape index (κ1) is 15.4. The van der Waals surface area contributed by atoms with E-state index in [1.165, 1.54) is 11.8 Å². The van der Waals surface area contributed by atoms with Crippen molar-refractivity contribution in [1.82, 2.24) is 15.2 Å². The zero-order chi connectivity index (χ0) is 16.5. The van der Waals surface area contributed by atoms with Crippen molar-refractivity contribution in [3.8, 4) is 17.1 Å². The Labute approximate surface area is 152 Å². The van der Waals surface area contributed by atoms with E-state index in [2.05, 4.69) is 36.4 Å². The fourth-order valence-corrected chi connectivity index (χ4v) is 3.19. The second kappa shape index (κ2) is 6.41. The van der Waals surface area contributed by atoms with Crippen LogP contribution in [0.3, 0.4) is 0 Å². The normalized spacial score (nSPS) is 15.5. The molecule has 1 aliphatic rings. The molecule has 7 heteroatoms. The average molecular weight is 401 g/mol. The Hall–Kier alpha value is -2.12. The van der Waals surface area contributed by atoms with E-state index >= 15 is 0 Å². The highest BCUT2D eigenvalue weighted by atomic mass is 79.9. The largest absolute Gasteiger partial charge is 0.448 e. The zero-order valence-corrected chi connectivity index (χ0v) is 15.1. The quantitative estimate of drug-likeness (QED) is 0.637. The fraction of sp³-hybridized carbons (Fsp3) is 0.118. The van der Waals surface area contributed by atoms with Crippen LogP contribution in [0.5, 0.6) is 5.88 Å². The molecule has 0 saturated heterocycles. The van der Waals surface area contributed by atoms with E-state index in [1.54, 1.807) is 0 Å². The minimum absolute atomic E-state index is 0.348. The molecule has 0 saturated carbocycles. The molecular formula is C17H13BrN4OS. The highest BCUT2D eigenvalue weighted by Gasteiger charge is 2.26. The number of nitrogens with one attached hydrogen (secondary N) is 1. The van der Waals surface area contributed by atoms with Crippen LogP contribution in [0.4, 0.5) is 5.69 Å². The topological polar surface area (TPSA) is 59.9 Å². The molecule has 1 aromatic heterocycles. The molecule has 0 unspecified atom stereocenters. The number of fused-ring (bicyclic) bond motifs is 3. The summed E-state index contributed by atoms with van der Waals surface area (Å²) in [6.07, 6.45) is 1.57. The minimum Gasteiger partial charge on any atom is -0.448 e. The molecule has 1 aliphatic heterocycles. The number of nitrogens with zero attached hydrogens (tertiary/aromatic N) is 3. The van der Waals surface area contributed by atoms with Crippen molar-refractivity contribution < 1.29 is 4.74 Å². The summed E-state index contributed by atoms with van der Waals surface area (Å²) < 4.78 is 7.12. The molecule has 3 aromatic rings. The van der Waals surface area contributed by atoms with Crippen LogP contribution in [0.15, 0.2) is 58.2 Å². The van der Waals surface area contributed by atoms with Crippen molar-refractivity contribution in [1.29, 1.82) is 0 Å². The highest BCUT2D eigenvalue weighted by molar-refractivity contribution is 9.10. The standard InChI is InChI=1S/C17H13BrN4OS/c1-24-17-20-16-14(21-22-17)12-9-11(18)7-8-13(12)19-15(23-16)10-5-3-2-4-6-10/h2-9,15,19H,1H3/t15-/m1/s1. The molecule has 0 aliphatic carbocycles. The van der Waals surface area contributed by atoms with E-state index < -0.39 is 0 Å². The van der Waals surface area contributed by atoms with Gasteiger partial charge in [0.25, 0.3) is 0 Å². The molecule has 0 amide bonds. The van der Waals surface area contributed by atoms with Crippen LogP contribution in [-0.2, 0) is 0 Å². The lowest BCUT2D eigenvalue weighted by Crippen LogP contribution is -2.17. The second-order valence-corrected chi connectivity index (χ2v) is 6.88. The maximum atomic E-state index is 6.15. The van der Waals surface area contributed by atoms with Crippen LogP contribution >= 0.6 is 27.7 Å². The van der Waals surface area contributed by atoms with Crippen LogP contribution in [-0.4, -0.2) is 21.4 Å². The summed E-state index contributed by atoms with van der Waals surface area (Å²) in [5, 5.41) is 12.5. The van der Waals surface area contributed by atoms with Gasteiger partial charge in [-0.3, -0.25) is 0 Å². The summed E-state index contributed by atoms with van der Waals surface area (Å²) in [5.74, 6) is 0.479. The molecule has 120 valence electrons. The lowest BCUT2D eigenvalue weighted by atomic mass is 10.1. The molecule has 24 heavy (non-hydrogen) atoms. The third kappa shape index (κ3) is 2.85. The minimum atomic E-state index is -0.348.